The second-order valence-electron chi connectivity index (χ2n) is 4.69. The number of aromatic nitrogens is 2. The minimum absolute atomic E-state index is 0.132. The maximum Gasteiger partial charge on any atom is 0.336 e. The number of imidazole rings is 1. The Bertz CT molecular complexity index is 790. The summed E-state index contributed by atoms with van der Waals surface area (Å²) in [5.41, 5.74) is 1.07. The molecule has 104 valence electrons. The van der Waals surface area contributed by atoms with Gasteiger partial charge in [-0.15, -0.1) is 0 Å². The van der Waals surface area contributed by atoms with E-state index in [9.17, 15) is 14.4 Å². The summed E-state index contributed by atoms with van der Waals surface area (Å²) in [5.74, 6) is -1.21. The number of nitrogens with zero attached hydrogens (tertiary/aromatic N) is 2. The van der Waals surface area contributed by atoms with Crippen LogP contribution in [0.5, 0.6) is 0 Å². The average molecular weight is 339 g/mol. The number of benzene rings is 1. The van der Waals surface area contributed by atoms with Crippen molar-refractivity contribution in [1.29, 1.82) is 0 Å². The summed E-state index contributed by atoms with van der Waals surface area (Å²) >= 11 is 3.35. The molecule has 0 bridgehead atoms. The van der Waals surface area contributed by atoms with E-state index in [-0.39, 0.29) is 18.5 Å². The summed E-state index contributed by atoms with van der Waals surface area (Å²) in [6, 6.07) is 4.66. The SMILES string of the molecule is Cn1c(=O)n(C2CCC(=O)OC2=O)c2cc(Br)ccc21. The van der Waals surface area contributed by atoms with Crippen LogP contribution < -0.4 is 5.69 Å². The van der Waals surface area contributed by atoms with Crippen molar-refractivity contribution in [2.75, 3.05) is 0 Å². The number of aryl methyl sites for hydroxylation is 1. The molecule has 1 unspecified atom stereocenters. The first-order chi connectivity index (χ1) is 9.49. The zero-order valence-electron chi connectivity index (χ0n) is 10.6. The lowest BCUT2D eigenvalue weighted by Crippen LogP contribution is -2.36. The normalized spacial score (nSPS) is 19.4. The van der Waals surface area contributed by atoms with Crippen molar-refractivity contribution in [2.24, 2.45) is 7.05 Å². The van der Waals surface area contributed by atoms with Gasteiger partial charge in [-0.05, 0) is 24.6 Å². The molecular weight excluding hydrogens is 328 g/mol. The third kappa shape index (κ3) is 1.89. The molecule has 7 heteroatoms. The van der Waals surface area contributed by atoms with Crippen LogP contribution in [0.1, 0.15) is 18.9 Å². The van der Waals surface area contributed by atoms with Crippen LogP contribution in [0.4, 0.5) is 0 Å². The molecule has 2 aromatic rings. The van der Waals surface area contributed by atoms with Crippen molar-refractivity contribution in [1.82, 2.24) is 9.13 Å². The largest absolute Gasteiger partial charge is 0.392 e. The van der Waals surface area contributed by atoms with E-state index in [2.05, 4.69) is 20.7 Å². The number of fused-ring (bicyclic) bond motifs is 1. The van der Waals surface area contributed by atoms with Gasteiger partial charge in [0.2, 0.25) is 0 Å². The second-order valence-corrected chi connectivity index (χ2v) is 5.61. The van der Waals surface area contributed by atoms with Gasteiger partial charge in [-0.25, -0.2) is 9.59 Å². The van der Waals surface area contributed by atoms with Gasteiger partial charge in [0.1, 0.15) is 6.04 Å². The number of esters is 2. The second kappa shape index (κ2) is 4.59. The molecule has 1 saturated heterocycles. The fourth-order valence-corrected chi connectivity index (χ4v) is 2.83. The highest BCUT2D eigenvalue weighted by Crippen LogP contribution is 2.26. The Labute approximate surface area is 122 Å². The molecule has 1 aromatic heterocycles. The molecule has 20 heavy (non-hydrogen) atoms. The molecule has 0 saturated carbocycles. The van der Waals surface area contributed by atoms with Gasteiger partial charge < -0.3 is 4.74 Å². The quantitative estimate of drug-likeness (QED) is 0.583. The smallest absolute Gasteiger partial charge is 0.336 e. The van der Waals surface area contributed by atoms with Crippen molar-refractivity contribution < 1.29 is 14.3 Å². The van der Waals surface area contributed by atoms with Gasteiger partial charge in [-0.1, -0.05) is 15.9 Å². The number of carbonyl (C=O) groups excluding carboxylic acids is 2. The van der Waals surface area contributed by atoms with Crippen LogP contribution in [0.15, 0.2) is 27.5 Å². The average Bonchev–Trinajstić information content (AvgIpc) is 2.63. The van der Waals surface area contributed by atoms with Crippen molar-refractivity contribution in [2.45, 2.75) is 18.9 Å². The maximum atomic E-state index is 12.3. The lowest BCUT2D eigenvalue weighted by atomic mass is 10.1. The molecule has 0 spiro atoms. The standard InChI is InChI=1S/C13H11BrN2O4/c1-15-8-3-2-7(14)6-10(8)16(13(15)19)9-4-5-11(17)20-12(9)18/h2-3,6,9H,4-5H2,1H3. The van der Waals surface area contributed by atoms with Gasteiger partial charge in [-0.2, -0.15) is 0 Å². The highest BCUT2D eigenvalue weighted by atomic mass is 79.9. The first-order valence-corrected chi connectivity index (χ1v) is 6.89. The predicted octanol–water partition coefficient (Wildman–Crippen LogP) is 1.51. The number of carbonyl (C=O) groups is 2. The van der Waals surface area contributed by atoms with E-state index in [1.165, 1.54) is 9.13 Å². The molecule has 0 amide bonds. The van der Waals surface area contributed by atoms with Crippen molar-refractivity contribution in [3.8, 4) is 0 Å². The van der Waals surface area contributed by atoms with Crippen LogP contribution in [0, 0.1) is 0 Å². The topological polar surface area (TPSA) is 70.3 Å². The monoisotopic (exact) mass is 338 g/mol. The minimum atomic E-state index is -0.752. The molecule has 0 aliphatic carbocycles. The molecule has 3 rings (SSSR count). The van der Waals surface area contributed by atoms with E-state index in [0.29, 0.717) is 5.52 Å². The van der Waals surface area contributed by atoms with E-state index in [0.717, 1.165) is 9.99 Å². The number of hydrogen-bond donors (Lipinski definition) is 0. The fraction of sp³-hybridized carbons (Fsp3) is 0.308. The minimum Gasteiger partial charge on any atom is -0.392 e. The first-order valence-electron chi connectivity index (χ1n) is 6.10. The van der Waals surface area contributed by atoms with Crippen LogP contribution in [0.25, 0.3) is 11.0 Å². The highest BCUT2D eigenvalue weighted by Gasteiger charge is 2.33. The van der Waals surface area contributed by atoms with Crippen LogP contribution in [-0.4, -0.2) is 21.1 Å². The maximum absolute atomic E-state index is 12.3. The molecule has 1 fully saturated rings. The van der Waals surface area contributed by atoms with E-state index >= 15 is 0 Å². The molecule has 0 radical (unpaired) electrons. The third-order valence-electron chi connectivity index (χ3n) is 3.47. The molecule has 1 atom stereocenters. The van der Waals surface area contributed by atoms with Gasteiger partial charge >= 0.3 is 17.6 Å². The van der Waals surface area contributed by atoms with Crippen LogP contribution >= 0.6 is 15.9 Å². The lowest BCUT2D eigenvalue weighted by Gasteiger charge is -2.20. The highest BCUT2D eigenvalue weighted by molar-refractivity contribution is 9.10. The molecule has 1 aliphatic rings. The summed E-state index contributed by atoms with van der Waals surface area (Å²) in [7, 11) is 1.65. The van der Waals surface area contributed by atoms with Crippen LogP contribution in [-0.2, 0) is 21.4 Å². The zero-order chi connectivity index (χ0) is 14.4. The molecule has 0 N–H and O–H groups in total. The summed E-state index contributed by atoms with van der Waals surface area (Å²) in [6.07, 6.45) is 0.413. The third-order valence-corrected chi connectivity index (χ3v) is 3.96. The fourth-order valence-electron chi connectivity index (χ4n) is 2.48. The molecule has 1 aliphatic heterocycles. The van der Waals surface area contributed by atoms with Gasteiger partial charge in [0.15, 0.2) is 0 Å². The Hall–Kier alpha value is -1.89. The van der Waals surface area contributed by atoms with Gasteiger partial charge in [0, 0.05) is 17.9 Å². The number of ether oxygens (including phenoxy) is 1. The van der Waals surface area contributed by atoms with E-state index in [4.69, 9.17) is 0 Å². The molecule has 1 aromatic carbocycles. The summed E-state index contributed by atoms with van der Waals surface area (Å²) in [4.78, 5) is 35.3. The van der Waals surface area contributed by atoms with Crippen molar-refractivity contribution >= 4 is 38.9 Å². The predicted molar refractivity (Wildman–Crippen MR) is 74.2 cm³/mol. The molecular formula is C13H11BrN2O4. The van der Waals surface area contributed by atoms with Crippen molar-refractivity contribution in [3.05, 3.63) is 33.2 Å². The van der Waals surface area contributed by atoms with Gasteiger partial charge in [-0.3, -0.25) is 13.9 Å². The number of rotatable bonds is 1. The van der Waals surface area contributed by atoms with E-state index < -0.39 is 18.0 Å². The lowest BCUT2D eigenvalue weighted by molar-refractivity contribution is -0.166. The number of halogens is 1. The molecule has 6 nitrogen and oxygen atoms in total. The summed E-state index contributed by atoms with van der Waals surface area (Å²) in [5, 5.41) is 0. The van der Waals surface area contributed by atoms with Gasteiger partial charge in [0.05, 0.1) is 11.0 Å². The molecule has 2 heterocycles. The Morgan fingerprint density at radius 3 is 2.70 bits per heavy atom. The summed E-state index contributed by atoms with van der Waals surface area (Å²) in [6.45, 7) is 0. The first kappa shape index (κ1) is 13.1. The Kier molecular flexibility index (Phi) is 3.01. The summed E-state index contributed by atoms with van der Waals surface area (Å²) < 4.78 is 8.32. The Morgan fingerprint density at radius 2 is 2.00 bits per heavy atom. The van der Waals surface area contributed by atoms with E-state index in [1.54, 1.807) is 19.2 Å². The Balaban J connectivity index is 2.23. The van der Waals surface area contributed by atoms with Crippen LogP contribution in [0.2, 0.25) is 0 Å². The Morgan fingerprint density at radius 1 is 1.25 bits per heavy atom. The number of cyclic esters (lactones) is 2. The zero-order valence-corrected chi connectivity index (χ0v) is 12.2. The van der Waals surface area contributed by atoms with Crippen molar-refractivity contribution in [3.63, 3.8) is 0 Å². The van der Waals surface area contributed by atoms with Gasteiger partial charge in [0.25, 0.3) is 0 Å². The van der Waals surface area contributed by atoms with Crippen LogP contribution in [0.3, 0.4) is 0 Å². The number of hydrogen-bond acceptors (Lipinski definition) is 4. The van der Waals surface area contributed by atoms with E-state index in [1.807, 2.05) is 6.07 Å².